The maximum Gasteiger partial charge on any atom is 0.115 e. The fraction of sp³-hybridized carbons (Fsp3) is 0.538. The minimum Gasteiger partial charge on any atom is -0.508 e. The lowest BCUT2D eigenvalue weighted by molar-refractivity contribution is 0.475. The predicted molar refractivity (Wildman–Crippen MR) is 60.6 cm³/mol. The van der Waals surface area contributed by atoms with Crippen molar-refractivity contribution in [1.82, 2.24) is 0 Å². The molecule has 1 heteroatoms. The second-order valence-electron chi connectivity index (χ2n) is 3.83. The molecule has 0 unspecified atom stereocenters. The molecule has 0 heterocycles. The average molecular weight is 192 g/mol. The third-order valence-corrected chi connectivity index (χ3v) is 2.51. The van der Waals surface area contributed by atoms with Crippen LogP contribution in [0.15, 0.2) is 24.3 Å². The summed E-state index contributed by atoms with van der Waals surface area (Å²) in [6.45, 7) is 2.24. The van der Waals surface area contributed by atoms with Crippen molar-refractivity contribution in [3.05, 3.63) is 29.8 Å². The zero-order chi connectivity index (χ0) is 10.2. The Bertz CT molecular complexity index is 238. The van der Waals surface area contributed by atoms with Gasteiger partial charge in [-0.3, -0.25) is 0 Å². The van der Waals surface area contributed by atoms with Crippen LogP contribution in [-0.4, -0.2) is 5.11 Å². The Labute approximate surface area is 86.8 Å². The van der Waals surface area contributed by atoms with Crippen LogP contribution in [0.5, 0.6) is 5.75 Å². The molecule has 0 atom stereocenters. The first kappa shape index (κ1) is 11.1. The number of hydrogen-bond acceptors (Lipinski definition) is 1. The van der Waals surface area contributed by atoms with Gasteiger partial charge in [0.25, 0.3) is 0 Å². The minimum atomic E-state index is 0.361. The molecule has 78 valence electrons. The maximum absolute atomic E-state index is 9.10. The maximum atomic E-state index is 9.10. The van der Waals surface area contributed by atoms with Crippen LogP contribution in [0.1, 0.15) is 44.6 Å². The topological polar surface area (TPSA) is 20.2 Å². The number of unbranched alkanes of at least 4 members (excludes halogenated alkanes) is 4. The molecule has 1 rings (SSSR count). The van der Waals surface area contributed by atoms with E-state index in [1.807, 2.05) is 12.1 Å². The third kappa shape index (κ3) is 4.31. The molecule has 14 heavy (non-hydrogen) atoms. The van der Waals surface area contributed by atoms with Crippen LogP contribution in [0.25, 0.3) is 0 Å². The summed E-state index contributed by atoms with van der Waals surface area (Å²) < 4.78 is 0. The van der Waals surface area contributed by atoms with Crippen LogP contribution in [-0.2, 0) is 6.42 Å². The molecule has 1 aromatic carbocycles. The van der Waals surface area contributed by atoms with E-state index in [-0.39, 0.29) is 0 Å². The zero-order valence-electron chi connectivity index (χ0n) is 9.00. The Morgan fingerprint density at radius 1 is 0.929 bits per heavy atom. The van der Waals surface area contributed by atoms with E-state index in [0.29, 0.717) is 5.75 Å². The van der Waals surface area contributed by atoms with Crippen molar-refractivity contribution in [3.63, 3.8) is 0 Å². The summed E-state index contributed by atoms with van der Waals surface area (Å²) in [5.74, 6) is 0.361. The Morgan fingerprint density at radius 2 is 1.57 bits per heavy atom. The van der Waals surface area contributed by atoms with Gasteiger partial charge >= 0.3 is 0 Å². The number of hydrogen-bond donors (Lipinski definition) is 1. The molecule has 1 nitrogen and oxygen atoms in total. The fourth-order valence-corrected chi connectivity index (χ4v) is 1.60. The summed E-state index contributed by atoms with van der Waals surface area (Å²) in [4.78, 5) is 0. The van der Waals surface area contributed by atoms with E-state index in [2.05, 4.69) is 6.92 Å². The Kier molecular flexibility index (Phi) is 5.13. The van der Waals surface area contributed by atoms with Crippen molar-refractivity contribution in [3.8, 4) is 5.75 Å². The van der Waals surface area contributed by atoms with Crippen LogP contribution in [0.4, 0.5) is 0 Å². The van der Waals surface area contributed by atoms with Crippen molar-refractivity contribution < 1.29 is 5.11 Å². The van der Waals surface area contributed by atoms with E-state index in [1.54, 1.807) is 12.1 Å². The first-order valence-electron chi connectivity index (χ1n) is 5.61. The second-order valence-corrected chi connectivity index (χ2v) is 3.83. The first-order chi connectivity index (χ1) is 6.83. The van der Waals surface area contributed by atoms with Crippen molar-refractivity contribution >= 4 is 0 Å². The summed E-state index contributed by atoms with van der Waals surface area (Å²) in [6, 6.07) is 7.55. The van der Waals surface area contributed by atoms with Gasteiger partial charge in [-0.2, -0.15) is 0 Å². The Balaban J connectivity index is 2.15. The lowest BCUT2D eigenvalue weighted by atomic mass is 10.1. The predicted octanol–water partition coefficient (Wildman–Crippen LogP) is 3.91. The molecule has 0 radical (unpaired) electrons. The molecule has 0 aromatic heterocycles. The van der Waals surface area contributed by atoms with Crippen LogP contribution in [0.3, 0.4) is 0 Å². The van der Waals surface area contributed by atoms with E-state index >= 15 is 0 Å². The Hall–Kier alpha value is -0.980. The highest BCUT2D eigenvalue weighted by molar-refractivity contribution is 5.25. The summed E-state index contributed by atoms with van der Waals surface area (Å²) >= 11 is 0. The average Bonchev–Trinajstić information content (AvgIpc) is 2.21. The molecule has 0 spiro atoms. The van der Waals surface area contributed by atoms with Crippen molar-refractivity contribution in [2.45, 2.75) is 45.4 Å². The lowest BCUT2D eigenvalue weighted by Crippen LogP contribution is -1.85. The van der Waals surface area contributed by atoms with Gasteiger partial charge in [-0.1, -0.05) is 44.7 Å². The van der Waals surface area contributed by atoms with Crippen LogP contribution in [0.2, 0.25) is 0 Å². The number of aryl methyl sites for hydroxylation is 1. The van der Waals surface area contributed by atoms with Gasteiger partial charge in [0.2, 0.25) is 0 Å². The molecule has 0 amide bonds. The molecule has 0 saturated carbocycles. The molecule has 1 N–H and O–H groups in total. The normalized spacial score (nSPS) is 10.4. The van der Waals surface area contributed by atoms with E-state index in [9.17, 15) is 0 Å². The quantitative estimate of drug-likeness (QED) is 0.678. The summed E-state index contributed by atoms with van der Waals surface area (Å²) in [5.41, 5.74) is 1.33. The van der Waals surface area contributed by atoms with Crippen molar-refractivity contribution in [1.29, 1.82) is 0 Å². The van der Waals surface area contributed by atoms with E-state index in [0.717, 1.165) is 6.42 Å². The van der Waals surface area contributed by atoms with Gasteiger partial charge in [-0.15, -0.1) is 0 Å². The molecular formula is C13H20O. The zero-order valence-corrected chi connectivity index (χ0v) is 9.00. The summed E-state index contributed by atoms with van der Waals surface area (Å²) in [5, 5.41) is 9.10. The molecule has 0 aliphatic rings. The van der Waals surface area contributed by atoms with E-state index in [4.69, 9.17) is 5.11 Å². The number of phenols is 1. The van der Waals surface area contributed by atoms with E-state index in [1.165, 1.54) is 37.7 Å². The molecule has 0 saturated heterocycles. The van der Waals surface area contributed by atoms with E-state index < -0.39 is 0 Å². The van der Waals surface area contributed by atoms with Gasteiger partial charge in [0, 0.05) is 0 Å². The SMILES string of the molecule is CCCCCCCc1ccc(O)cc1. The highest BCUT2D eigenvalue weighted by Crippen LogP contribution is 2.13. The standard InChI is InChI=1S/C13H20O/c1-2-3-4-5-6-7-12-8-10-13(14)11-9-12/h8-11,14H,2-7H2,1H3. The van der Waals surface area contributed by atoms with Gasteiger partial charge in [0.1, 0.15) is 5.75 Å². The van der Waals surface area contributed by atoms with Gasteiger partial charge in [0.05, 0.1) is 0 Å². The molecule has 0 fully saturated rings. The van der Waals surface area contributed by atoms with Crippen molar-refractivity contribution in [2.75, 3.05) is 0 Å². The monoisotopic (exact) mass is 192 g/mol. The second kappa shape index (κ2) is 6.47. The molecular weight excluding hydrogens is 172 g/mol. The molecule has 0 aliphatic heterocycles. The molecule has 0 bridgehead atoms. The third-order valence-electron chi connectivity index (χ3n) is 2.51. The largest absolute Gasteiger partial charge is 0.508 e. The van der Waals surface area contributed by atoms with Gasteiger partial charge in [-0.05, 0) is 30.5 Å². The smallest absolute Gasteiger partial charge is 0.115 e. The van der Waals surface area contributed by atoms with Crippen LogP contribution in [0, 0.1) is 0 Å². The van der Waals surface area contributed by atoms with Gasteiger partial charge in [0.15, 0.2) is 0 Å². The number of rotatable bonds is 6. The molecule has 0 aliphatic carbocycles. The number of aromatic hydroxyl groups is 1. The van der Waals surface area contributed by atoms with Crippen molar-refractivity contribution in [2.24, 2.45) is 0 Å². The van der Waals surface area contributed by atoms with Gasteiger partial charge < -0.3 is 5.11 Å². The Morgan fingerprint density at radius 3 is 2.21 bits per heavy atom. The number of benzene rings is 1. The summed E-state index contributed by atoms with van der Waals surface area (Å²) in [7, 11) is 0. The fourth-order valence-electron chi connectivity index (χ4n) is 1.60. The minimum absolute atomic E-state index is 0.361. The lowest BCUT2D eigenvalue weighted by Gasteiger charge is -2.01. The van der Waals surface area contributed by atoms with Crippen LogP contribution >= 0.6 is 0 Å². The first-order valence-corrected chi connectivity index (χ1v) is 5.61. The highest BCUT2D eigenvalue weighted by Gasteiger charge is 1.93. The van der Waals surface area contributed by atoms with Crippen LogP contribution < -0.4 is 0 Å². The van der Waals surface area contributed by atoms with Gasteiger partial charge in [-0.25, -0.2) is 0 Å². The molecule has 1 aromatic rings. The summed E-state index contributed by atoms with van der Waals surface area (Å²) in [6.07, 6.45) is 7.76. The highest BCUT2D eigenvalue weighted by atomic mass is 16.3. The number of phenolic OH excluding ortho intramolecular Hbond substituents is 1.